The fourth-order valence-corrected chi connectivity index (χ4v) is 3.47. The largest absolute Gasteiger partial charge is 0.289 e. The molecule has 2 heterocycles. The first-order valence-corrected chi connectivity index (χ1v) is 8.02. The molecule has 20 heavy (non-hydrogen) atoms. The number of hydrogen-bond donors (Lipinski definition) is 0. The van der Waals surface area contributed by atoms with Crippen LogP contribution in [0.5, 0.6) is 0 Å². The molecular formula is C16H18N2OS. The van der Waals surface area contributed by atoms with Gasteiger partial charge in [-0.15, -0.1) is 11.3 Å². The molecule has 0 bridgehead atoms. The van der Waals surface area contributed by atoms with E-state index in [0.717, 1.165) is 23.5 Å². The molecular weight excluding hydrogens is 268 g/mol. The van der Waals surface area contributed by atoms with E-state index < -0.39 is 0 Å². The molecule has 1 fully saturated rings. The summed E-state index contributed by atoms with van der Waals surface area (Å²) in [5.74, 6) is 0.864. The molecule has 0 N–H and O–H groups in total. The predicted molar refractivity (Wildman–Crippen MR) is 82.2 cm³/mol. The van der Waals surface area contributed by atoms with E-state index in [4.69, 9.17) is 0 Å². The number of amides is 1. The normalized spacial score (nSPS) is 16.0. The van der Waals surface area contributed by atoms with Gasteiger partial charge in [0.25, 0.3) is 5.91 Å². The lowest BCUT2D eigenvalue weighted by atomic mass is 9.94. The highest BCUT2D eigenvalue weighted by Crippen LogP contribution is 2.28. The van der Waals surface area contributed by atoms with Crippen LogP contribution in [0.2, 0.25) is 0 Å². The summed E-state index contributed by atoms with van der Waals surface area (Å²) in [5.41, 5.74) is 0. The fourth-order valence-electron chi connectivity index (χ4n) is 2.81. The molecule has 104 valence electrons. The van der Waals surface area contributed by atoms with Crippen molar-refractivity contribution in [1.29, 1.82) is 0 Å². The van der Waals surface area contributed by atoms with E-state index in [0.29, 0.717) is 0 Å². The van der Waals surface area contributed by atoms with Crippen LogP contribution < -0.4 is 4.90 Å². The smallest absolute Gasteiger partial charge is 0.269 e. The Morgan fingerprint density at radius 1 is 1.15 bits per heavy atom. The van der Waals surface area contributed by atoms with Gasteiger partial charge in [-0.05, 0) is 36.4 Å². The van der Waals surface area contributed by atoms with Crippen molar-refractivity contribution >= 4 is 23.1 Å². The lowest BCUT2D eigenvalue weighted by Crippen LogP contribution is -2.41. The number of aromatic nitrogens is 1. The summed E-state index contributed by atoms with van der Waals surface area (Å²) in [6.45, 7) is 0. The monoisotopic (exact) mass is 286 g/mol. The Bertz CT molecular complexity index is 547. The van der Waals surface area contributed by atoms with Gasteiger partial charge in [-0.3, -0.25) is 9.69 Å². The van der Waals surface area contributed by atoms with E-state index in [2.05, 4.69) is 4.98 Å². The third-order valence-electron chi connectivity index (χ3n) is 3.79. The van der Waals surface area contributed by atoms with Crippen molar-refractivity contribution < 1.29 is 4.79 Å². The van der Waals surface area contributed by atoms with Crippen molar-refractivity contribution in [2.45, 2.75) is 38.1 Å². The predicted octanol–water partition coefficient (Wildman–Crippen LogP) is 4.12. The molecule has 1 aliphatic carbocycles. The summed E-state index contributed by atoms with van der Waals surface area (Å²) in [6, 6.07) is 9.87. The SMILES string of the molecule is O=C(c1cccs1)N(c1ccccn1)C1CCCCC1. The summed E-state index contributed by atoms with van der Waals surface area (Å²) >= 11 is 1.50. The molecule has 0 radical (unpaired) electrons. The third kappa shape index (κ3) is 2.75. The first-order valence-electron chi connectivity index (χ1n) is 7.14. The number of carbonyl (C=O) groups is 1. The maximum atomic E-state index is 12.8. The van der Waals surface area contributed by atoms with Gasteiger partial charge < -0.3 is 0 Å². The Morgan fingerprint density at radius 3 is 2.65 bits per heavy atom. The average molecular weight is 286 g/mol. The summed E-state index contributed by atoms with van der Waals surface area (Å²) in [6.07, 6.45) is 7.59. The van der Waals surface area contributed by atoms with Crippen LogP contribution in [-0.2, 0) is 0 Å². The van der Waals surface area contributed by atoms with Crippen LogP contribution in [0.25, 0.3) is 0 Å². The lowest BCUT2D eigenvalue weighted by molar-refractivity contribution is 0.0973. The molecule has 0 atom stereocenters. The van der Waals surface area contributed by atoms with Crippen LogP contribution in [0.4, 0.5) is 5.82 Å². The Kier molecular flexibility index (Phi) is 4.11. The third-order valence-corrected chi connectivity index (χ3v) is 4.64. The molecule has 0 aliphatic heterocycles. The van der Waals surface area contributed by atoms with Crippen LogP contribution in [0.1, 0.15) is 41.8 Å². The molecule has 4 heteroatoms. The highest BCUT2D eigenvalue weighted by molar-refractivity contribution is 7.12. The molecule has 1 saturated carbocycles. The molecule has 1 amide bonds. The molecule has 2 aromatic rings. The first kappa shape index (κ1) is 13.3. The zero-order valence-electron chi connectivity index (χ0n) is 11.4. The van der Waals surface area contributed by atoms with Crippen LogP contribution in [0.3, 0.4) is 0 Å². The number of thiophene rings is 1. The molecule has 3 rings (SSSR count). The van der Waals surface area contributed by atoms with Gasteiger partial charge in [0.1, 0.15) is 5.82 Å². The van der Waals surface area contributed by atoms with Gasteiger partial charge in [-0.1, -0.05) is 31.4 Å². The second-order valence-electron chi connectivity index (χ2n) is 5.13. The summed E-state index contributed by atoms with van der Waals surface area (Å²) < 4.78 is 0. The topological polar surface area (TPSA) is 33.2 Å². The van der Waals surface area contributed by atoms with Gasteiger partial charge in [0.05, 0.1) is 4.88 Å². The standard InChI is InChI=1S/C16H18N2OS/c19-16(14-9-6-12-20-14)18(13-7-2-1-3-8-13)15-10-4-5-11-17-15/h4-6,9-13H,1-3,7-8H2. The Labute approximate surface area is 123 Å². The zero-order valence-corrected chi connectivity index (χ0v) is 12.2. The molecule has 0 aromatic carbocycles. The Morgan fingerprint density at radius 2 is 2.00 bits per heavy atom. The molecule has 2 aromatic heterocycles. The second-order valence-corrected chi connectivity index (χ2v) is 6.08. The van der Waals surface area contributed by atoms with Crippen LogP contribution in [0.15, 0.2) is 41.9 Å². The van der Waals surface area contributed by atoms with E-state index in [1.54, 1.807) is 6.20 Å². The van der Waals surface area contributed by atoms with E-state index in [1.165, 1.54) is 30.6 Å². The molecule has 0 spiro atoms. The highest BCUT2D eigenvalue weighted by atomic mass is 32.1. The van der Waals surface area contributed by atoms with Crippen LogP contribution in [0, 0.1) is 0 Å². The van der Waals surface area contributed by atoms with Gasteiger partial charge in [-0.2, -0.15) is 0 Å². The van der Waals surface area contributed by atoms with Crippen LogP contribution >= 0.6 is 11.3 Å². The van der Waals surface area contributed by atoms with Gasteiger partial charge in [0.15, 0.2) is 0 Å². The molecule has 0 unspecified atom stereocenters. The Hall–Kier alpha value is -1.68. The van der Waals surface area contributed by atoms with Crippen molar-refractivity contribution in [1.82, 2.24) is 4.98 Å². The van der Waals surface area contributed by atoms with E-state index >= 15 is 0 Å². The number of nitrogens with zero attached hydrogens (tertiary/aromatic N) is 2. The number of rotatable bonds is 3. The Balaban J connectivity index is 1.92. The highest BCUT2D eigenvalue weighted by Gasteiger charge is 2.28. The van der Waals surface area contributed by atoms with Gasteiger partial charge >= 0.3 is 0 Å². The minimum atomic E-state index is 0.0885. The van der Waals surface area contributed by atoms with E-state index in [1.807, 2.05) is 40.6 Å². The maximum Gasteiger partial charge on any atom is 0.269 e. The van der Waals surface area contributed by atoms with Gasteiger partial charge in [0.2, 0.25) is 0 Å². The second kappa shape index (κ2) is 6.18. The number of hydrogen-bond acceptors (Lipinski definition) is 3. The summed E-state index contributed by atoms with van der Waals surface area (Å²) in [7, 11) is 0. The summed E-state index contributed by atoms with van der Waals surface area (Å²) in [4.78, 5) is 19.9. The van der Waals surface area contributed by atoms with Crippen molar-refractivity contribution in [3.8, 4) is 0 Å². The number of carbonyl (C=O) groups excluding carboxylic acids is 1. The van der Waals surface area contributed by atoms with Gasteiger partial charge in [0, 0.05) is 12.2 Å². The van der Waals surface area contributed by atoms with Gasteiger partial charge in [-0.25, -0.2) is 4.98 Å². The first-order chi connectivity index (χ1) is 9.86. The minimum Gasteiger partial charge on any atom is -0.289 e. The average Bonchev–Trinajstić information content (AvgIpc) is 3.04. The van der Waals surface area contributed by atoms with Crippen molar-refractivity contribution in [3.05, 3.63) is 46.8 Å². The van der Waals surface area contributed by atoms with Crippen molar-refractivity contribution in [2.75, 3.05) is 4.90 Å². The molecule has 0 saturated heterocycles. The summed E-state index contributed by atoms with van der Waals surface area (Å²) in [5, 5.41) is 1.95. The molecule has 1 aliphatic rings. The number of pyridine rings is 1. The van der Waals surface area contributed by atoms with E-state index in [-0.39, 0.29) is 11.9 Å². The van der Waals surface area contributed by atoms with Crippen molar-refractivity contribution in [3.63, 3.8) is 0 Å². The minimum absolute atomic E-state index is 0.0885. The van der Waals surface area contributed by atoms with Crippen LogP contribution in [-0.4, -0.2) is 16.9 Å². The molecule has 3 nitrogen and oxygen atoms in total. The number of anilines is 1. The van der Waals surface area contributed by atoms with Crippen molar-refractivity contribution in [2.24, 2.45) is 0 Å². The maximum absolute atomic E-state index is 12.8. The fraction of sp³-hybridized carbons (Fsp3) is 0.375. The quantitative estimate of drug-likeness (QED) is 0.850. The van der Waals surface area contributed by atoms with E-state index in [9.17, 15) is 4.79 Å². The lowest BCUT2D eigenvalue weighted by Gasteiger charge is -2.33. The zero-order chi connectivity index (χ0) is 13.8.